The van der Waals surface area contributed by atoms with Crippen molar-refractivity contribution in [3.05, 3.63) is 22.6 Å². The molecule has 2 rings (SSSR count). The van der Waals surface area contributed by atoms with Gasteiger partial charge >= 0.3 is 0 Å². The second-order valence-corrected chi connectivity index (χ2v) is 4.94. The third kappa shape index (κ3) is 3.56. The van der Waals surface area contributed by atoms with E-state index in [1.165, 1.54) is 11.8 Å². The Morgan fingerprint density at radius 2 is 2.35 bits per heavy atom. The zero-order valence-corrected chi connectivity index (χ0v) is 11.9. The second-order valence-electron chi connectivity index (χ2n) is 4.94. The summed E-state index contributed by atoms with van der Waals surface area (Å²) in [5.74, 6) is 0. The Labute approximate surface area is 117 Å². The summed E-state index contributed by atoms with van der Waals surface area (Å²) in [5, 5.41) is 13.7. The van der Waals surface area contributed by atoms with Crippen LogP contribution in [0.15, 0.2) is 17.1 Å². The molecule has 1 aliphatic heterocycles. The van der Waals surface area contributed by atoms with Gasteiger partial charge in [-0.2, -0.15) is 5.10 Å². The summed E-state index contributed by atoms with van der Waals surface area (Å²) in [7, 11) is 3.20. The molecule has 1 saturated heterocycles. The predicted octanol–water partition coefficient (Wildman–Crippen LogP) is -0.524. The minimum absolute atomic E-state index is 0.133. The molecule has 0 amide bonds. The van der Waals surface area contributed by atoms with E-state index in [4.69, 9.17) is 9.47 Å². The second kappa shape index (κ2) is 6.83. The molecule has 1 aromatic rings. The largest absolute Gasteiger partial charge is 0.389 e. The van der Waals surface area contributed by atoms with Gasteiger partial charge in [0.05, 0.1) is 37.2 Å². The molecule has 20 heavy (non-hydrogen) atoms. The van der Waals surface area contributed by atoms with E-state index in [1.54, 1.807) is 19.4 Å². The van der Waals surface area contributed by atoms with Crippen molar-refractivity contribution in [1.29, 1.82) is 0 Å². The van der Waals surface area contributed by atoms with Gasteiger partial charge < -0.3 is 19.5 Å². The van der Waals surface area contributed by atoms with Gasteiger partial charge in [0.2, 0.25) is 0 Å². The van der Waals surface area contributed by atoms with E-state index in [2.05, 4.69) is 10.00 Å². The first-order valence-corrected chi connectivity index (χ1v) is 6.66. The number of anilines is 1. The molecule has 2 heterocycles. The number of ether oxygens (including phenoxy) is 2. The molecule has 0 saturated carbocycles. The summed E-state index contributed by atoms with van der Waals surface area (Å²) < 4.78 is 11.4. The van der Waals surface area contributed by atoms with E-state index in [9.17, 15) is 9.90 Å². The summed E-state index contributed by atoms with van der Waals surface area (Å²) in [4.78, 5) is 14.1. The van der Waals surface area contributed by atoms with Crippen LogP contribution in [-0.2, 0) is 16.0 Å². The standard InChI is InChI=1S/C13H21N3O4/c1-19-9-11(17)7-16-13(18)5-10(6-14-16)15-4-3-12(8-15)20-2/h5-6,11-12,17H,3-4,7-9H2,1-2H3. The maximum absolute atomic E-state index is 12.0. The molecular weight excluding hydrogens is 262 g/mol. The van der Waals surface area contributed by atoms with Crippen LogP contribution in [0.5, 0.6) is 0 Å². The smallest absolute Gasteiger partial charge is 0.268 e. The Morgan fingerprint density at radius 3 is 2.95 bits per heavy atom. The average Bonchev–Trinajstić information content (AvgIpc) is 2.90. The van der Waals surface area contributed by atoms with Crippen molar-refractivity contribution in [2.45, 2.75) is 25.2 Å². The van der Waals surface area contributed by atoms with Crippen molar-refractivity contribution in [1.82, 2.24) is 9.78 Å². The molecule has 0 aromatic carbocycles. The quantitative estimate of drug-likeness (QED) is 0.757. The van der Waals surface area contributed by atoms with Crippen LogP contribution in [0.3, 0.4) is 0 Å². The van der Waals surface area contributed by atoms with Crippen LogP contribution < -0.4 is 10.5 Å². The summed E-state index contributed by atoms with van der Waals surface area (Å²) in [6, 6.07) is 1.55. The van der Waals surface area contributed by atoms with Crippen molar-refractivity contribution in [2.24, 2.45) is 0 Å². The van der Waals surface area contributed by atoms with Gasteiger partial charge in [0.25, 0.3) is 5.56 Å². The van der Waals surface area contributed by atoms with Crippen molar-refractivity contribution >= 4 is 5.69 Å². The fourth-order valence-corrected chi connectivity index (χ4v) is 2.33. The van der Waals surface area contributed by atoms with E-state index in [-0.39, 0.29) is 24.8 Å². The van der Waals surface area contributed by atoms with Crippen LogP contribution in [-0.4, -0.2) is 61.0 Å². The first kappa shape index (κ1) is 15.0. The van der Waals surface area contributed by atoms with Crippen molar-refractivity contribution in [2.75, 3.05) is 38.8 Å². The summed E-state index contributed by atoms with van der Waals surface area (Å²) >= 11 is 0. The number of rotatable bonds is 6. The van der Waals surface area contributed by atoms with Crippen molar-refractivity contribution in [3.8, 4) is 0 Å². The third-order valence-corrected chi connectivity index (χ3v) is 3.44. The van der Waals surface area contributed by atoms with Crippen LogP contribution in [0.25, 0.3) is 0 Å². The number of methoxy groups -OCH3 is 2. The maximum Gasteiger partial charge on any atom is 0.268 e. The summed E-state index contributed by atoms with van der Waals surface area (Å²) in [6.07, 6.45) is 2.08. The lowest BCUT2D eigenvalue weighted by molar-refractivity contribution is 0.0504. The highest BCUT2D eigenvalue weighted by molar-refractivity contribution is 5.44. The molecule has 7 nitrogen and oxygen atoms in total. The zero-order valence-electron chi connectivity index (χ0n) is 11.9. The van der Waals surface area contributed by atoms with Crippen LogP contribution in [0.2, 0.25) is 0 Å². The van der Waals surface area contributed by atoms with Gasteiger partial charge in [-0.3, -0.25) is 4.79 Å². The summed E-state index contributed by atoms with van der Waals surface area (Å²) in [6.45, 7) is 1.94. The first-order chi connectivity index (χ1) is 9.63. The average molecular weight is 283 g/mol. The minimum Gasteiger partial charge on any atom is -0.389 e. The normalized spacial score (nSPS) is 20.4. The van der Waals surface area contributed by atoms with Gasteiger partial charge in [0.15, 0.2) is 0 Å². The lowest BCUT2D eigenvalue weighted by Crippen LogP contribution is -2.32. The van der Waals surface area contributed by atoms with Crippen LogP contribution in [0.4, 0.5) is 5.69 Å². The van der Waals surface area contributed by atoms with Gasteiger partial charge in [-0.15, -0.1) is 0 Å². The van der Waals surface area contributed by atoms with Gasteiger partial charge in [-0.25, -0.2) is 4.68 Å². The fraction of sp³-hybridized carbons (Fsp3) is 0.692. The van der Waals surface area contributed by atoms with Crippen LogP contribution in [0, 0.1) is 0 Å². The summed E-state index contributed by atoms with van der Waals surface area (Å²) in [5.41, 5.74) is 0.575. The number of hydrogen-bond acceptors (Lipinski definition) is 6. The molecule has 0 aliphatic carbocycles. The molecule has 0 spiro atoms. The molecule has 2 unspecified atom stereocenters. The number of aliphatic hydroxyl groups excluding tert-OH is 1. The number of aliphatic hydroxyl groups is 1. The van der Waals surface area contributed by atoms with Crippen LogP contribution in [0.1, 0.15) is 6.42 Å². The first-order valence-electron chi connectivity index (χ1n) is 6.66. The van der Waals surface area contributed by atoms with E-state index in [0.29, 0.717) is 0 Å². The zero-order chi connectivity index (χ0) is 14.5. The molecule has 1 N–H and O–H groups in total. The van der Waals surface area contributed by atoms with Crippen molar-refractivity contribution < 1.29 is 14.6 Å². The molecule has 1 fully saturated rings. The topological polar surface area (TPSA) is 76.8 Å². The molecule has 1 aliphatic rings. The number of hydrogen-bond donors (Lipinski definition) is 1. The van der Waals surface area contributed by atoms with E-state index >= 15 is 0 Å². The Balaban J connectivity index is 2.04. The highest BCUT2D eigenvalue weighted by Crippen LogP contribution is 2.19. The number of aromatic nitrogens is 2. The van der Waals surface area contributed by atoms with E-state index in [1.807, 2.05) is 0 Å². The number of nitrogens with zero attached hydrogens (tertiary/aromatic N) is 3. The Morgan fingerprint density at radius 1 is 1.55 bits per heavy atom. The monoisotopic (exact) mass is 283 g/mol. The molecule has 1 aromatic heterocycles. The predicted molar refractivity (Wildman–Crippen MR) is 74.0 cm³/mol. The van der Waals surface area contributed by atoms with Gasteiger partial charge in [0.1, 0.15) is 0 Å². The van der Waals surface area contributed by atoms with Gasteiger partial charge in [-0.1, -0.05) is 0 Å². The Kier molecular flexibility index (Phi) is 5.11. The lowest BCUT2D eigenvalue weighted by Gasteiger charge is -2.18. The van der Waals surface area contributed by atoms with E-state index < -0.39 is 6.10 Å². The lowest BCUT2D eigenvalue weighted by atomic mass is 10.3. The highest BCUT2D eigenvalue weighted by atomic mass is 16.5. The van der Waals surface area contributed by atoms with Crippen LogP contribution >= 0.6 is 0 Å². The third-order valence-electron chi connectivity index (χ3n) is 3.44. The maximum atomic E-state index is 12.0. The molecule has 7 heteroatoms. The Hall–Kier alpha value is -1.44. The molecule has 0 bridgehead atoms. The molecular formula is C13H21N3O4. The molecule has 112 valence electrons. The molecule has 2 atom stereocenters. The van der Waals surface area contributed by atoms with Crippen molar-refractivity contribution in [3.63, 3.8) is 0 Å². The minimum atomic E-state index is -0.735. The SMILES string of the molecule is COCC(O)Cn1ncc(N2CCC(OC)C2)cc1=O. The van der Waals surface area contributed by atoms with Gasteiger partial charge in [-0.05, 0) is 6.42 Å². The highest BCUT2D eigenvalue weighted by Gasteiger charge is 2.23. The molecule has 0 radical (unpaired) electrons. The van der Waals surface area contributed by atoms with E-state index in [0.717, 1.165) is 25.2 Å². The Bertz CT molecular complexity index is 491. The van der Waals surface area contributed by atoms with Gasteiger partial charge in [0, 0.05) is 33.4 Å². The fourth-order valence-electron chi connectivity index (χ4n) is 2.33.